The fourth-order valence-corrected chi connectivity index (χ4v) is 8.87. The molecule has 0 fully saturated rings. The van der Waals surface area contributed by atoms with Gasteiger partial charge in [-0.1, -0.05) is 170 Å². The van der Waals surface area contributed by atoms with Gasteiger partial charge in [-0.25, -0.2) is 0 Å². The fourth-order valence-electron chi connectivity index (χ4n) is 8.87. The Morgan fingerprint density at radius 3 is 1.70 bits per heavy atom. The number of para-hydroxylation sites is 2. The summed E-state index contributed by atoms with van der Waals surface area (Å²) < 4.78 is 69.1. The van der Waals surface area contributed by atoms with Gasteiger partial charge < -0.3 is 9.13 Å². The summed E-state index contributed by atoms with van der Waals surface area (Å²) in [5.74, 6) is 0. The van der Waals surface area contributed by atoms with Crippen LogP contribution in [0.3, 0.4) is 0 Å². The summed E-state index contributed by atoms with van der Waals surface area (Å²) in [6.45, 7) is 0. The predicted octanol–water partition coefficient (Wildman–Crippen LogP) is 15.7. The van der Waals surface area contributed by atoms with Gasteiger partial charge in [-0.3, -0.25) is 0 Å². The largest absolute Gasteiger partial charge is 0.309 e. The Hall–Kier alpha value is -7.94. The molecule has 12 aromatic rings. The summed E-state index contributed by atoms with van der Waals surface area (Å²) in [5, 5.41) is 4.47. The van der Waals surface area contributed by atoms with Crippen molar-refractivity contribution in [3.63, 3.8) is 0 Å². The average molecular weight is 770 g/mol. The van der Waals surface area contributed by atoms with E-state index in [0.29, 0.717) is 11.3 Å². The first kappa shape index (κ1) is 27.7. The van der Waals surface area contributed by atoms with Crippen molar-refractivity contribution in [1.29, 1.82) is 0 Å². The van der Waals surface area contributed by atoms with Crippen molar-refractivity contribution in [3.05, 3.63) is 230 Å². The highest BCUT2D eigenvalue weighted by Crippen LogP contribution is 2.41. The Bertz CT molecular complexity index is 3970. The van der Waals surface area contributed by atoms with Crippen LogP contribution in [0.5, 0.6) is 0 Å². The first-order valence-electron chi connectivity index (χ1n) is 23.6. The monoisotopic (exact) mass is 769 g/mol. The van der Waals surface area contributed by atoms with Crippen molar-refractivity contribution in [1.82, 2.24) is 9.13 Å². The molecule has 0 amide bonds. The maximum Gasteiger partial charge on any atom is 0.0645 e. The maximum absolute atomic E-state index is 9.95. The van der Waals surface area contributed by atoms with E-state index in [2.05, 4.69) is 102 Å². The first-order valence-corrected chi connectivity index (χ1v) is 20.1. The van der Waals surface area contributed by atoms with Crippen LogP contribution in [0.1, 0.15) is 9.60 Å². The van der Waals surface area contributed by atoms with E-state index in [4.69, 9.17) is 2.74 Å². The van der Waals surface area contributed by atoms with E-state index in [-0.39, 0.29) is 57.6 Å². The summed E-state index contributed by atoms with van der Waals surface area (Å²) in [5.41, 5.74) is 10.9. The molecule has 12 rings (SSSR count). The minimum Gasteiger partial charge on any atom is -0.309 e. The zero-order chi connectivity index (χ0) is 45.7. The zero-order valence-electron chi connectivity index (χ0n) is 39.3. The number of aromatic nitrogens is 2. The van der Waals surface area contributed by atoms with Gasteiger partial charge in [0.25, 0.3) is 0 Å². The molecule has 2 aromatic heterocycles. The molecule has 0 aliphatic rings. The van der Waals surface area contributed by atoms with E-state index in [9.17, 15) is 6.85 Å². The minimum absolute atomic E-state index is 0.0814. The molecule has 0 spiro atoms. The Kier molecular flexibility index (Phi) is 6.39. The Morgan fingerprint density at radius 1 is 0.317 bits per heavy atom. The van der Waals surface area contributed by atoms with Gasteiger partial charge in [-0.05, 0) is 110 Å². The van der Waals surface area contributed by atoms with Crippen molar-refractivity contribution < 1.29 is 9.60 Å². The number of benzene rings is 10. The molecule has 2 heteroatoms. The Morgan fingerprint density at radius 2 is 0.917 bits per heavy atom. The number of nitrogens with zero attached hydrogens (tertiary/aromatic N) is 2. The lowest BCUT2D eigenvalue weighted by molar-refractivity contribution is 1.18. The van der Waals surface area contributed by atoms with E-state index in [1.165, 1.54) is 0 Å². The molecule has 0 saturated heterocycles. The predicted molar refractivity (Wildman–Crippen MR) is 254 cm³/mol. The van der Waals surface area contributed by atoms with E-state index < -0.39 is 12.1 Å². The van der Waals surface area contributed by atoms with Crippen molar-refractivity contribution in [3.8, 4) is 55.9 Å². The van der Waals surface area contributed by atoms with Crippen molar-refractivity contribution in [2.45, 2.75) is 0 Å². The second-order valence-electron chi connectivity index (χ2n) is 15.2. The van der Waals surface area contributed by atoms with Gasteiger partial charge >= 0.3 is 0 Å². The molecule has 0 N–H and O–H groups in total. The lowest BCUT2D eigenvalue weighted by Gasteiger charge is -2.13. The van der Waals surface area contributed by atoms with E-state index >= 15 is 0 Å². The topological polar surface area (TPSA) is 9.86 Å². The van der Waals surface area contributed by atoms with Crippen molar-refractivity contribution in [2.24, 2.45) is 0 Å². The third-order valence-corrected chi connectivity index (χ3v) is 11.8. The molecule has 0 bridgehead atoms. The second-order valence-corrected chi connectivity index (χ2v) is 15.2. The molecule has 0 aliphatic heterocycles. The van der Waals surface area contributed by atoms with Crippen LogP contribution in [0.2, 0.25) is 0 Å². The van der Waals surface area contributed by atoms with Gasteiger partial charge in [-0.2, -0.15) is 0 Å². The van der Waals surface area contributed by atoms with Crippen LogP contribution >= 0.6 is 0 Å². The molecule has 2 nitrogen and oxygen atoms in total. The van der Waals surface area contributed by atoms with Crippen LogP contribution in [-0.2, 0) is 0 Å². The molecule has 60 heavy (non-hydrogen) atoms. The quantitative estimate of drug-likeness (QED) is 0.159. The molecule has 0 unspecified atom stereocenters. The molecule has 0 radical (unpaired) electrons. The van der Waals surface area contributed by atoms with E-state index in [0.717, 1.165) is 71.6 Å². The molecule has 2 heterocycles. The van der Waals surface area contributed by atoms with Crippen LogP contribution in [0.4, 0.5) is 0 Å². The highest BCUT2D eigenvalue weighted by atomic mass is 15.0. The van der Waals surface area contributed by atoms with E-state index in [1.807, 2.05) is 91.0 Å². The number of fused-ring (bicyclic) bond motifs is 7. The summed E-state index contributed by atoms with van der Waals surface area (Å²) in [6, 6.07) is 61.5. The van der Waals surface area contributed by atoms with Crippen molar-refractivity contribution in [2.75, 3.05) is 0 Å². The van der Waals surface area contributed by atoms with Crippen molar-refractivity contribution >= 4 is 54.4 Å². The smallest absolute Gasteiger partial charge is 0.0645 e. The van der Waals surface area contributed by atoms with Gasteiger partial charge in [0, 0.05) is 38.5 Å². The SMILES string of the molecule is [2H]c1c([2H])c([2H])c2c(c1[2H])c1c([2H])c(-c3ccc4c(c3)c3cccc(-c5ccccc5)c3n4-c3ccc(-c4ccccc4)cc3)c([2H])c([2H])c1n2-c1ccc(-c2ccc3ccccc3c2)cc1. The normalized spacial score (nSPS) is 13.3. The summed E-state index contributed by atoms with van der Waals surface area (Å²) in [4.78, 5) is 0. The highest BCUT2D eigenvalue weighted by molar-refractivity contribution is 6.15. The lowest BCUT2D eigenvalue weighted by Crippen LogP contribution is -1.95. The summed E-state index contributed by atoms with van der Waals surface area (Å²) in [7, 11) is 0. The fraction of sp³-hybridized carbons (Fsp3) is 0. The molecule has 10 aromatic carbocycles. The molecule has 280 valence electrons. The van der Waals surface area contributed by atoms with Crippen LogP contribution in [0.25, 0.3) is 110 Å². The number of rotatable bonds is 6. The Labute approximate surface area is 358 Å². The van der Waals surface area contributed by atoms with Gasteiger partial charge in [-0.15, -0.1) is 0 Å². The summed E-state index contributed by atoms with van der Waals surface area (Å²) >= 11 is 0. The van der Waals surface area contributed by atoms with Crippen LogP contribution < -0.4 is 0 Å². The van der Waals surface area contributed by atoms with Crippen LogP contribution in [-0.4, -0.2) is 9.13 Å². The molecular weight excluding hydrogens is 725 g/mol. The maximum atomic E-state index is 9.95. The van der Waals surface area contributed by atoms with Gasteiger partial charge in [0.2, 0.25) is 0 Å². The van der Waals surface area contributed by atoms with E-state index in [1.54, 1.807) is 4.57 Å². The third-order valence-electron chi connectivity index (χ3n) is 11.8. The van der Waals surface area contributed by atoms with Crippen LogP contribution in [0.15, 0.2) is 230 Å². The minimum atomic E-state index is -0.425. The van der Waals surface area contributed by atoms with Gasteiger partial charge in [0.1, 0.15) is 0 Å². The summed E-state index contributed by atoms with van der Waals surface area (Å²) in [6.07, 6.45) is 0. The number of hydrogen-bond acceptors (Lipinski definition) is 0. The van der Waals surface area contributed by atoms with Gasteiger partial charge in [0.15, 0.2) is 0 Å². The molecule has 0 aliphatic carbocycles. The second kappa shape index (κ2) is 13.9. The van der Waals surface area contributed by atoms with Crippen LogP contribution in [0, 0.1) is 0 Å². The van der Waals surface area contributed by atoms with Gasteiger partial charge in [0.05, 0.1) is 31.7 Å². The zero-order valence-corrected chi connectivity index (χ0v) is 32.3. The lowest BCUT2D eigenvalue weighted by atomic mass is 9.99. The Balaban J connectivity index is 1.08. The number of hydrogen-bond donors (Lipinski definition) is 0. The average Bonchev–Trinajstić information content (AvgIpc) is 3.92. The molecule has 0 saturated carbocycles. The standard InChI is InChI=1S/C58H38N2/c1-3-12-39(13-4-1)41-24-32-49(33-25-41)60-57-35-29-47(38-54(57)52-20-11-19-50(58(52)60)43-15-5-2-6-16-43)46-28-34-56-53(37-46)51-18-9-10-21-55(51)59(56)48-30-26-42(27-31-48)45-23-22-40-14-7-8-17-44(40)36-45/h1-38H/i9D,10D,18D,21D,28D,34D,37D. The molecular formula is C58H38N2. The third kappa shape index (κ3) is 5.57. The first-order chi connectivity index (χ1) is 32.7. The molecule has 0 atom stereocenters. The highest BCUT2D eigenvalue weighted by Gasteiger charge is 2.19.